The summed E-state index contributed by atoms with van der Waals surface area (Å²) in [6.07, 6.45) is 1.62. The molecule has 0 fully saturated rings. The average molecular weight is 359 g/mol. The van der Waals surface area contributed by atoms with E-state index in [9.17, 15) is 9.59 Å². The zero-order valence-electron chi connectivity index (χ0n) is 14.2. The van der Waals surface area contributed by atoms with E-state index in [2.05, 4.69) is 10.1 Å². The summed E-state index contributed by atoms with van der Waals surface area (Å²) in [4.78, 5) is 32.2. The number of carbonyl (C=O) groups is 1. The first-order chi connectivity index (χ1) is 13.1. The Morgan fingerprint density at radius 3 is 2.63 bits per heavy atom. The van der Waals surface area contributed by atoms with Gasteiger partial charge in [-0.2, -0.15) is 0 Å². The van der Waals surface area contributed by atoms with Gasteiger partial charge in [0.2, 0.25) is 5.76 Å². The van der Waals surface area contributed by atoms with Crippen molar-refractivity contribution in [1.82, 2.24) is 10.1 Å². The van der Waals surface area contributed by atoms with Gasteiger partial charge >= 0.3 is 0 Å². The number of amides is 1. The number of hydrogen-bond acceptors (Lipinski definition) is 6. The van der Waals surface area contributed by atoms with E-state index in [1.54, 1.807) is 61.7 Å². The summed E-state index contributed by atoms with van der Waals surface area (Å²) in [6, 6.07) is 13.1. The highest BCUT2D eigenvalue weighted by molar-refractivity contribution is 6.10. The fourth-order valence-electron chi connectivity index (χ4n) is 3.44. The third-order valence-corrected chi connectivity index (χ3v) is 4.61. The number of benzene rings is 1. The van der Waals surface area contributed by atoms with Gasteiger partial charge in [0.1, 0.15) is 17.4 Å². The highest BCUT2D eigenvalue weighted by Crippen LogP contribution is 2.40. The number of para-hydroxylation sites is 1. The molecule has 1 aliphatic rings. The largest absolute Gasteiger partial charge is 0.450 e. The lowest BCUT2D eigenvalue weighted by Crippen LogP contribution is -2.30. The fraction of sp³-hybridized carbons (Fsp3) is 0.100. The van der Waals surface area contributed by atoms with Gasteiger partial charge in [-0.25, -0.2) is 0 Å². The van der Waals surface area contributed by atoms with E-state index in [0.717, 1.165) is 0 Å². The lowest BCUT2D eigenvalue weighted by Gasteiger charge is -2.21. The second-order valence-electron chi connectivity index (χ2n) is 6.30. The van der Waals surface area contributed by atoms with Crippen LogP contribution in [0.3, 0.4) is 0 Å². The molecule has 5 rings (SSSR count). The van der Waals surface area contributed by atoms with E-state index in [4.69, 9.17) is 8.94 Å². The maximum absolute atomic E-state index is 13.2. The molecule has 0 bridgehead atoms. The number of fused-ring (bicyclic) bond motifs is 2. The minimum atomic E-state index is -0.737. The lowest BCUT2D eigenvalue weighted by atomic mass is 10.0. The molecule has 0 radical (unpaired) electrons. The highest BCUT2D eigenvalue weighted by Gasteiger charge is 2.45. The van der Waals surface area contributed by atoms with Gasteiger partial charge in [0.15, 0.2) is 11.2 Å². The van der Waals surface area contributed by atoms with Gasteiger partial charge in [-0.3, -0.25) is 19.5 Å². The number of nitrogens with zero attached hydrogens (tertiary/aromatic N) is 3. The maximum atomic E-state index is 13.2. The standard InChI is InChI=1S/C20H13N3O4/c1-11-10-15(22-27-11)23-17(13-7-4-5-9-21-13)16-18(24)12-6-2-3-8-14(12)26-19(16)20(23)25/h2-10,17H,1H3/t17-/m1/s1. The van der Waals surface area contributed by atoms with E-state index in [-0.39, 0.29) is 16.8 Å². The zero-order valence-corrected chi connectivity index (χ0v) is 14.2. The van der Waals surface area contributed by atoms with E-state index in [1.807, 2.05) is 0 Å². The maximum Gasteiger partial charge on any atom is 0.296 e. The molecule has 7 nitrogen and oxygen atoms in total. The predicted octanol–water partition coefficient (Wildman–Crippen LogP) is 3.23. The summed E-state index contributed by atoms with van der Waals surface area (Å²) < 4.78 is 11.0. The van der Waals surface area contributed by atoms with Crippen molar-refractivity contribution in [3.63, 3.8) is 0 Å². The zero-order chi connectivity index (χ0) is 18.5. The minimum absolute atomic E-state index is 0.00926. The quantitative estimate of drug-likeness (QED) is 0.546. The van der Waals surface area contributed by atoms with Crippen LogP contribution in [0.4, 0.5) is 5.82 Å². The molecule has 132 valence electrons. The molecule has 0 N–H and O–H groups in total. The Morgan fingerprint density at radius 2 is 1.89 bits per heavy atom. The van der Waals surface area contributed by atoms with Crippen LogP contribution in [0.5, 0.6) is 0 Å². The lowest BCUT2D eigenvalue weighted by molar-refractivity contribution is 0.0969. The summed E-state index contributed by atoms with van der Waals surface area (Å²) in [5.74, 6) is 0.424. The van der Waals surface area contributed by atoms with Gasteiger partial charge < -0.3 is 8.94 Å². The molecular formula is C20H13N3O4. The predicted molar refractivity (Wildman–Crippen MR) is 96.6 cm³/mol. The van der Waals surface area contributed by atoms with Crippen LogP contribution < -0.4 is 10.3 Å². The normalized spacial score (nSPS) is 16.1. The first-order valence-electron chi connectivity index (χ1n) is 8.38. The van der Waals surface area contributed by atoms with Crippen LogP contribution in [0.1, 0.15) is 33.6 Å². The molecule has 0 saturated carbocycles. The molecule has 0 spiro atoms. The van der Waals surface area contributed by atoms with Crippen LogP contribution in [0.25, 0.3) is 11.0 Å². The van der Waals surface area contributed by atoms with Crippen molar-refractivity contribution < 1.29 is 13.7 Å². The van der Waals surface area contributed by atoms with Crippen molar-refractivity contribution in [2.24, 2.45) is 0 Å². The molecule has 1 amide bonds. The van der Waals surface area contributed by atoms with Crippen LogP contribution >= 0.6 is 0 Å². The van der Waals surface area contributed by atoms with E-state index < -0.39 is 11.9 Å². The summed E-state index contributed by atoms with van der Waals surface area (Å²) >= 11 is 0. The summed E-state index contributed by atoms with van der Waals surface area (Å²) in [5, 5.41) is 4.38. The van der Waals surface area contributed by atoms with Gasteiger partial charge in [-0.05, 0) is 31.2 Å². The molecule has 1 atom stereocenters. The Labute approximate surface area is 152 Å². The molecule has 27 heavy (non-hydrogen) atoms. The third-order valence-electron chi connectivity index (χ3n) is 4.61. The van der Waals surface area contributed by atoms with Crippen molar-refractivity contribution in [2.75, 3.05) is 4.90 Å². The Kier molecular flexibility index (Phi) is 3.24. The van der Waals surface area contributed by atoms with Crippen molar-refractivity contribution >= 4 is 22.7 Å². The summed E-state index contributed by atoms with van der Waals surface area (Å²) in [6.45, 7) is 1.73. The van der Waals surface area contributed by atoms with Crippen LogP contribution in [0, 0.1) is 6.92 Å². The second kappa shape index (κ2) is 5.63. The minimum Gasteiger partial charge on any atom is -0.450 e. The number of anilines is 1. The van der Waals surface area contributed by atoms with E-state index >= 15 is 0 Å². The van der Waals surface area contributed by atoms with Crippen molar-refractivity contribution in [2.45, 2.75) is 13.0 Å². The van der Waals surface area contributed by atoms with Crippen LogP contribution in [0.15, 0.2) is 68.5 Å². The number of rotatable bonds is 2. The van der Waals surface area contributed by atoms with Crippen molar-refractivity contribution in [1.29, 1.82) is 0 Å². The average Bonchev–Trinajstić information content (AvgIpc) is 3.24. The molecule has 3 aromatic heterocycles. The smallest absolute Gasteiger partial charge is 0.296 e. The third kappa shape index (κ3) is 2.21. The number of carbonyl (C=O) groups excluding carboxylic acids is 1. The monoisotopic (exact) mass is 359 g/mol. The van der Waals surface area contributed by atoms with Crippen LogP contribution in [-0.4, -0.2) is 16.0 Å². The van der Waals surface area contributed by atoms with Crippen molar-refractivity contribution in [3.05, 3.63) is 87.7 Å². The molecule has 1 aliphatic heterocycles. The number of aryl methyl sites for hydroxylation is 1. The van der Waals surface area contributed by atoms with E-state index in [0.29, 0.717) is 28.2 Å². The Hall–Kier alpha value is -3.74. The molecule has 0 unspecified atom stereocenters. The number of pyridine rings is 1. The number of aromatic nitrogens is 2. The highest BCUT2D eigenvalue weighted by atomic mass is 16.5. The molecule has 1 aromatic carbocycles. The molecule has 0 aliphatic carbocycles. The first-order valence-corrected chi connectivity index (χ1v) is 8.38. The van der Waals surface area contributed by atoms with Crippen molar-refractivity contribution in [3.8, 4) is 0 Å². The Balaban J connectivity index is 1.84. The summed E-state index contributed by atoms with van der Waals surface area (Å²) in [5.41, 5.74) is 0.928. The Morgan fingerprint density at radius 1 is 1.07 bits per heavy atom. The van der Waals surface area contributed by atoms with Gasteiger partial charge in [-0.1, -0.05) is 23.4 Å². The fourth-order valence-corrected chi connectivity index (χ4v) is 3.44. The molecule has 4 aromatic rings. The van der Waals surface area contributed by atoms with E-state index in [1.165, 1.54) is 4.90 Å². The molecule has 7 heteroatoms. The van der Waals surface area contributed by atoms with Gasteiger partial charge in [0.25, 0.3) is 5.91 Å². The topological polar surface area (TPSA) is 89.4 Å². The van der Waals surface area contributed by atoms with Gasteiger partial charge in [-0.15, -0.1) is 0 Å². The molecule has 4 heterocycles. The number of hydrogen-bond donors (Lipinski definition) is 0. The SMILES string of the molecule is Cc1cc(N2C(=O)c3oc4ccccc4c(=O)c3[C@H]2c2ccccn2)no1. The second-order valence-corrected chi connectivity index (χ2v) is 6.30. The molecule has 0 saturated heterocycles. The van der Waals surface area contributed by atoms with Crippen LogP contribution in [0.2, 0.25) is 0 Å². The molecular weight excluding hydrogens is 346 g/mol. The Bertz CT molecular complexity index is 1240. The first kappa shape index (κ1) is 15.5. The summed E-state index contributed by atoms with van der Waals surface area (Å²) in [7, 11) is 0. The van der Waals surface area contributed by atoms with Crippen LogP contribution in [-0.2, 0) is 0 Å². The van der Waals surface area contributed by atoms with Gasteiger partial charge in [0, 0.05) is 12.3 Å². The van der Waals surface area contributed by atoms with Gasteiger partial charge in [0.05, 0.1) is 16.6 Å².